The number of nitrogens with zero attached hydrogens (tertiary/aromatic N) is 2. The van der Waals surface area contributed by atoms with Gasteiger partial charge in [0.2, 0.25) is 0 Å². The number of nitrogens with one attached hydrogen (secondary N) is 2. The maximum atomic E-state index is 12.2. The molecule has 2 rings (SSSR count). The summed E-state index contributed by atoms with van der Waals surface area (Å²) in [4.78, 5) is 23.1. The number of aromatic amines is 1. The number of rotatable bonds is 4. The van der Waals surface area contributed by atoms with Crippen molar-refractivity contribution in [2.75, 3.05) is 12.0 Å². The molecule has 2 heterocycles. The Kier molecular flexibility index (Phi) is 3.96. The number of halogens is 2. The summed E-state index contributed by atoms with van der Waals surface area (Å²) < 4.78 is 13.4. The number of aryl methyl sites for hydroxylation is 1. The van der Waals surface area contributed by atoms with Crippen LogP contribution in [0.15, 0.2) is 29.2 Å². The number of pyridine rings is 1. The highest BCUT2D eigenvalue weighted by molar-refractivity contribution is 6.29. The third-order valence-corrected chi connectivity index (χ3v) is 2.55. The summed E-state index contributed by atoms with van der Waals surface area (Å²) >= 11 is 5.59. The van der Waals surface area contributed by atoms with E-state index in [-0.39, 0.29) is 23.0 Å². The molecule has 1 amide bonds. The zero-order valence-corrected chi connectivity index (χ0v) is 10.4. The van der Waals surface area contributed by atoms with E-state index in [0.717, 1.165) is 0 Å². The van der Waals surface area contributed by atoms with E-state index < -0.39 is 12.6 Å². The number of hydrogen-bond donors (Lipinski definition) is 2. The lowest BCUT2D eigenvalue weighted by atomic mass is 10.3. The number of hydrogen-bond acceptors (Lipinski definition) is 3. The fourth-order valence-electron chi connectivity index (χ4n) is 1.48. The first-order chi connectivity index (χ1) is 9.10. The average molecular weight is 285 g/mol. The van der Waals surface area contributed by atoms with Crippen molar-refractivity contribution >= 4 is 23.2 Å². The van der Waals surface area contributed by atoms with Crippen LogP contribution in [0.4, 0.5) is 10.1 Å². The van der Waals surface area contributed by atoms with Gasteiger partial charge in [0.05, 0.1) is 12.2 Å². The van der Waals surface area contributed by atoms with Gasteiger partial charge >= 0.3 is 0 Å². The summed E-state index contributed by atoms with van der Waals surface area (Å²) in [5, 5.41) is 8.79. The second kappa shape index (κ2) is 5.66. The van der Waals surface area contributed by atoms with Gasteiger partial charge in [0.25, 0.3) is 11.5 Å². The molecule has 0 aromatic carbocycles. The van der Waals surface area contributed by atoms with Crippen LogP contribution in [0.3, 0.4) is 0 Å². The first kappa shape index (κ1) is 13.3. The number of carbonyl (C=O) groups is 1. The van der Waals surface area contributed by atoms with Crippen LogP contribution in [0.5, 0.6) is 0 Å². The van der Waals surface area contributed by atoms with Crippen LogP contribution >= 0.6 is 11.6 Å². The Balaban J connectivity index is 2.17. The predicted molar refractivity (Wildman–Crippen MR) is 68.2 cm³/mol. The van der Waals surface area contributed by atoms with Crippen LogP contribution in [-0.2, 0) is 6.54 Å². The van der Waals surface area contributed by atoms with Crippen LogP contribution < -0.4 is 10.9 Å². The zero-order valence-electron chi connectivity index (χ0n) is 9.69. The highest BCUT2D eigenvalue weighted by Crippen LogP contribution is 2.09. The summed E-state index contributed by atoms with van der Waals surface area (Å²) in [6, 6.07) is 4.06. The van der Waals surface area contributed by atoms with Crippen molar-refractivity contribution in [2.45, 2.75) is 6.54 Å². The van der Waals surface area contributed by atoms with E-state index in [1.807, 2.05) is 0 Å². The topological polar surface area (TPSA) is 79.8 Å². The van der Waals surface area contributed by atoms with Gasteiger partial charge in [0.15, 0.2) is 5.15 Å². The minimum absolute atomic E-state index is 0.0571. The standard InChI is InChI=1S/C11H10ClFN4O2/c12-9-5-8(15-16-9)11(19)14-7-1-2-10(18)17(6-7)4-3-13/h1-2,5-6H,3-4H2,(H,14,19)(H,15,16). The fraction of sp³-hybridized carbons (Fsp3) is 0.182. The van der Waals surface area contributed by atoms with Crippen molar-refractivity contribution in [3.8, 4) is 0 Å². The first-order valence-corrected chi connectivity index (χ1v) is 5.76. The van der Waals surface area contributed by atoms with Crippen LogP contribution in [0.25, 0.3) is 0 Å². The van der Waals surface area contributed by atoms with Gasteiger partial charge in [-0.2, -0.15) is 5.10 Å². The van der Waals surface area contributed by atoms with Gasteiger partial charge in [-0.15, -0.1) is 0 Å². The highest BCUT2D eigenvalue weighted by Gasteiger charge is 2.10. The molecule has 0 saturated heterocycles. The SMILES string of the molecule is O=C(Nc1ccc(=O)n(CCF)c1)c1cc(Cl)n[nH]1. The molecule has 2 aromatic rings. The summed E-state index contributed by atoms with van der Waals surface area (Å²) in [5.41, 5.74) is 0.234. The molecule has 0 atom stereocenters. The highest BCUT2D eigenvalue weighted by atomic mass is 35.5. The van der Waals surface area contributed by atoms with Crippen LogP contribution in [-0.4, -0.2) is 27.3 Å². The number of amides is 1. The minimum Gasteiger partial charge on any atom is -0.319 e. The molecule has 8 heteroatoms. The van der Waals surface area contributed by atoms with E-state index in [4.69, 9.17) is 11.6 Å². The van der Waals surface area contributed by atoms with Gasteiger partial charge in [0, 0.05) is 18.3 Å². The Morgan fingerprint density at radius 2 is 2.32 bits per heavy atom. The fourth-order valence-corrected chi connectivity index (χ4v) is 1.63. The third-order valence-electron chi connectivity index (χ3n) is 2.36. The Morgan fingerprint density at radius 3 is 2.95 bits per heavy atom. The van der Waals surface area contributed by atoms with E-state index in [2.05, 4.69) is 15.5 Å². The lowest BCUT2D eigenvalue weighted by molar-refractivity contribution is 0.102. The van der Waals surface area contributed by atoms with E-state index in [9.17, 15) is 14.0 Å². The second-order valence-corrected chi connectivity index (χ2v) is 4.08. The summed E-state index contributed by atoms with van der Waals surface area (Å²) in [6.45, 7) is -0.716. The maximum Gasteiger partial charge on any atom is 0.273 e. The number of alkyl halides is 1. The van der Waals surface area contributed by atoms with E-state index in [1.54, 1.807) is 0 Å². The van der Waals surface area contributed by atoms with Crippen molar-refractivity contribution < 1.29 is 9.18 Å². The van der Waals surface area contributed by atoms with Gasteiger partial charge in [0.1, 0.15) is 12.4 Å². The average Bonchev–Trinajstić information content (AvgIpc) is 2.80. The van der Waals surface area contributed by atoms with Gasteiger partial charge < -0.3 is 9.88 Å². The Morgan fingerprint density at radius 1 is 1.53 bits per heavy atom. The van der Waals surface area contributed by atoms with E-state index >= 15 is 0 Å². The van der Waals surface area contributed by atoms with E-state index in [1.165, 1.54) is 29.0 Å². The normalized spacial score (nSPS) is 10.4. The number of anilines is 1. The largest absolute Gasteiger partial charge is 0.319 e. The smallest absolute Gasteiger partial charge is 0.273 e. The first-order valence-electron chi connectivity index (χ1n) is 5.39. The molecule has 0 saturated carbocycles. The molecule has 19 heavy (non-hydrogen) atoms. The minimum atomic E-state index is -0.659. The number of carbonyl (C=O) groups excluding carboxylic acids is 1. The van der Waals surface area contributed by atoms with Gasteiger partial charge in [-0.3, -0.25) is 14.7 Å². The maximum absolute atomic E-state index is 12.2. The quantitative estimate of drug-likeness (QED) is 0.892. The van der Waals surface area contributed by atoms with Crippen molar-refractivity contribution in [1.29, 1.82) is 0 Å². The molecule has 0 aliphatic heterocycles. The van der Waals surface area contributed by atoms with E-state index in [0.29, 0.717) is 5.69 Å². The van der Waals surface area contributed by atoms with Gasteiger partial charge in [-0.05, 0) is 6.07 Å². The molecule has 0 fully saturated rings. The molecule has 0 spiro atoms. The second-order valence-electron chi connectivity index (χ2n) is 3.70. The monoisotopic (exact) mass is 284 g/mol. The number of H-pyrrole nitrogens is 1. The Hall–Kier alpha value is -2.15. The molecular weight excluding hydrogens is 275 g/mol. The van der Waals surface area contributed by atoms with Crippen molar-refractivity contribution in [2.24, 2.45) is 0 Å². The van der Waals surface area contributed by atoms with Crippen molar-refractivity contribution in [1.82, 2.24) is 14.8 Å². The lowest BCUT2D eigenvalue weighted by Gasteiger charge is -2.07. The molecule has 2 N–H and O–H groups in total. The molecule has 0 bridgehead atoms. The Bertz CT molecular complexity index is 652. The summed E-state index contributed by atoms with van der Waals surface area (Å²) in [7, 11) is 0. The Labute approximate surface area is 112 Å². The van der Waals surface area contributed by atoms with Crippen LogP contribution in [0.1, 0.15) is 10.5 Å². The van der Waals surface area contributed by atoms with Crippen molar-refractivity contribution in [3.63, 3.8) is 0 Å². The molecule has 6 nitrogen and oxygen atoms in total. The van der Waals surface area contributed by atoms with Gasteiger partial charge in [-0.25, -0.2) is 4.39 Å². The molecular formula is C11H10ClFN4O2. The van der Waals surface area contributed by atoms with Crippen LogP contribution in [0, 0.1) is 0 Å². The third kappa shape index (κ3) is 3.19. The summed E-state index contributed by atoms with van der Waals surface area (Å²) in [5.74, 6) is -0.454. The predicted octanol–water partition coefficient (Wildman–Crippen LogP) is 1.45. The number of aromatic nitrogens is 3. The zero-order chi connectivity index (χ0) is 13.8. The molecule has 100 valence electrons. The molecule has 2 aromatic heterocycles. The molecule has 0 radical (unpaired) electrons. The summed E-state index contributed by atoms with van der Waals surface area (Å²) in [6.07, 6.45) is 1.37. The molecule has 0 unspecified atom stereocenters. The molecule has 0 aliphatic carbocycles. The lowest BCUT2D eigenvalue weighted by Crippen LogP contribution is -2.21. The molecule has 0 aliphatic rings. The van der Waals surface area contributed by atoms with Gasteiger partial charge in [-0.1, -0.05) is 11.6 Å². The van der Waals surface area contributed by atoms with Crippen molar-refractivity contribution in [3.05, 3.63) is 45.6 Å². The van der Waals surface area contributed by atoms with Crippen LogP contribution in [0.2, 0.25) is 5.15 Å².